The third-order valence-electron chi connectivity index (χ3n) is 4.36. The van der Waals surface area contributed by atoms with Crippen LogP contribution in [0.15, 0.2) is 12.1 Å². The van der Waals surface area contributed by atoms with E-state index in [9.17, 15) is 0 Å². The van der Waals surface area contributed by atoms with E-state index in [1.807, 2.05) is 0 Å². The maximum Gasteiger partial charge on any atom is 0.123 e. The van der Waals surface area contributed by atoms with Crippen LogP contribution in [0.5, 0.6) is 11.5 Å². The zero-order valence-corrected chi connectivity index (χ0v) is 12.6. The van der Waals surface area contributed by atoms with Gasteiger partial charge in [0.05, 0.1) is 7.11 Å². The number of ether oxygens (including phenoxy) is 2. The van der Waals surface area contributed by atoms with Crippen molar-refractivity contribution in [3.63, 3.8) is 0 Å². The van der Waals surface area contributed by atoms with Gasteiger partial charge in [0, 0.05) is 43.2 Å². The molecule has 4 nitrogen and oxygen atoms in total. The second-order valence-electron chi connectivity index (χ2n) is 5.78. The van der Waals surface area contributed by atoms with Crippen LogP contribution in [0.2, 0.25) is 0 Å². The molecule has 1 aromatic rings. The first-order valence-corrected chi connectivity index (χ1v) is 7.52. The number of rotatable bonds is 5. The summed E-state index contributed by atoms with van der Waals surface area (Å²) in [5.41, 5.74) is 2.50. The first-order chi connectivity index (χ1) is 9.71. The van der Waals surface area contributed by atoms with E-state index in [2.05, 4.69) is 36.2 Å². The quantitative estimate of drug-likeness (QED) is 0.889. The van der Waals surface area contributed by atoms with Gasteiger partial charge >= 0.3 is 0 Å². The monoisotopic (exact) mass is 276 g/mol. The summed E-state index contributed by atoms with van der Waals surface area (Å²) in [6.07, 6.45) is 1.26. The largest absolute Gasteiger partial charge is 0.496 e. The SMILES string of the molecule is CCN(Cc1cc2c(cc1OC)CC(C)O2)C1CNC1. The molecular formula is C16H24N2O2. The lowest BCUT2D eigenvalue weighted by atomic mass is 10.0. The minimum Gasteiger partial charge on any atom is -0.496 e. The summed E-state index contributed by atoms with van der Waals surface area (Å²) in [6.45, 7) is 8.51. The van der Waals surface area contributed by atoms with Crippen LogP contribution < -0.4 is 14.8 Å². The number of hydrogen-bond donors (Lipinski definition) is 1. The number of hydrogen-bond acceptors (Lipinski definition) is 4. The van der Waals surface area contributed by atoms with Gasteiger partial charge in [0.25, 0.3) is 0 Å². The average molecular weight is 276 g/mol. The van der Waals surface area contributed by atoms with E-state index in [0.717, 1.165) is 44.1 Å². The normalized spacial score (nSPS) is 21.5. The molecular weight excluding hydrogens is 252 g/mol. The third-order valence-corrected chi connectivity index (χ3v) is 4.36. The lowest BCUT2D eigenvalue weighted by Crippen LogP contribution is -2.56. The lowest BCUT2D eigenvalue weighted by molar-refractivity contribution is 0.143. The topological polar surface area (TPSA) is 33.7 Å². The molecule has 3 rings (SSSR count). The van der Waals surface area contributed by atoms with Crippen LogP contribution in [0.4, 0.5) is 0 Å². The molecule has 2 aliphatic heterocycles. The van der Waals surface area contributed by atoms with Gasteiger partial charge in [-0.15, -0.1) is 0 Å². The molecule has 0 aliphatic carbocycles. The number of likely N-dealkylation sites (N-methyl/N-ethyl adjacent to an activating group) is 1. The molecule has 0 radical (unpaired) electrons. The molecule has 1 unspecified atom stereocenters. The number of fused-ring (bicyclic) bond motifs is 1. The van der Waals surface area contributed by atoms with Crippen molar-refractivity contribution < 1.29 is 9.47 Å². The Hall–Kier alpha value is -1.26. The van der Waals surface area contributed by atoms with Crippen molar-refractivity contribution in [1.82, 2.24) is 10.2 Å². The first kappa shape index (κ1) is 13.7. The number of benzene rings is 1. The van der Waals surface area contributed by atoms with Crippen molar-refractivity contribution in [1.29, 1.82) is 0 Å². The van der Waals surface area contributed by atoms with Crippen LogP contribution >= 0.6 is 0 Å². The van der Waals surface area contributed by atoms with Crippen molar-refractivity contribution in [3.05, 3.63) is 23.3 Å². The fraction of sp³-hybridized carbons (Fsp3) is 0.625. The predicted molar refractivity (Wildman–Crippen MR) is 79.5 cm³/mol. The van der Waals surface area contributed by atoms with E-state index in [4.69, 9.17) is 9.47 Å². The van der Waals surface area contributed by atoms with Crippen LogP contribution in [-0.2, 0) is 13.0 Å². The molecule has 0 bridgehead atoms. The Morgan fingerprint density at radius 2 is 2.20 bits per heavy atom. The van der Waals surface area contributed by atoms with Crippen LogP contribution in [0.1, 0.15) is 25.0 Å². The Kier molecular flexibility index (Phi) is 3.85. The molecule has 0 saturated carbocycles. The summed E-state index contributed by atoms with van der Waals surface area (Å²) in [6, 6.07) is 4.98. The van der Waals surface area contributed by atoms with Gasteiger partial charge < -0.3 is 14.8 Å². The van der Waals surface area contributed by atoms with Crippen molar-refractivity contribution in [3.8, 4) is 11.5 Å². The van der Waals surface area contributed by atoms with Crippen molar-refractivity contribution in [2.75, 3.05) is 26.7 Å². The van der Waals surface area contributed by atoms with E-state index in [1.54, 1.807) is 7.11 Å². The molecule has 1 fully saturated rings. The highest BCUT2D eigenvalue weighted by Crippen LogP contribution is 2.35. The van der Waals surface area contributed by atoms with E-state index >= 15 is 0 Å². The Balaban J connectivity index is 1.82. The Bertz CT molecular complexity index is 486. The molecule has 1 atom stereocenters. The van der Waals surface area contributed by atoms with Crippen LogP contribution in [0.3, 0.4) is 0 Å². The Morgan fingerprint density at radius 3 is 2.80 bits per heavy atom. The van der Waals surface area contributed by atoms with Crippen molar-refractivity contribution >= 4 is 0 Å². The number of methoxy groups -OCH3 is 1. The minimum atomic E-state index is 0.281. The molecule has 2 heterocycles. The summed E-state index contributed by atoms with van der Waals surface area (Å²) >= 11 is 0. The maximum atomic E-state index is 5.88. The summed E-state index contributed by atoms with van der Waals surface area (Å²) in [4.78, 5) is 2.50. The van der Waals surface area contributed by atoms with Gasteiger partial charge in [-0.2, -0.15) is 0 Å². The summed E-state index contributed by atoms with van der Waals surface area (Å²) in [7, 11) is 1.76. The number of nitrogens with one attached hydrogen (secondary N) is 1. The van der Waals surface area contributed by atoms with Gasteiger partial charge in [0.1, 0.15) is 17.6 Å². The van der Waals surface area contributed by atoms with Crippen LogP contribution in [0.25, 0.3) is 0 Å². The molecule has 110 valence electrons. The second kappa shape index (κ2) is 5.62. The molecule has 0 spiro atoms. The average Bonchev–Trinajstić information content (AvgIpc) is 2.73. The number of nitrogens with zero attached hydrogens (tertiary/aromatic N) is 1. The van der Waals surface area contributed by atoms with E-state index in [0.29, 0.717) is 6.04 Å². The smallest absolute Gasteiger partial charge is 0.123 e. The summed E-state index contributed by atoms with van der Waals surface area (Å²) in [5.74, 6) is 2.03. The maximum absolute atomic E-state index is 5.88. The molecule has 2 aliphatic rings. The van der Waals surface area contributed by atoms with Crippen LogP contribution in [-0.4, -0.2) is 43.8 Å². The molecule has 0 aromatic heterocycles. The van der Waals surface area contributed by atoms with Gasteiger partial charge in [0.15, 0.2) is 0 Å². The van der Waals surface area contributed by atoms with Crippen molar-refractivity contribution in [2.24, 2.45) is 0 Å². The minimum absolute atomic E-state index is 0.281. The van der Waals surface area contributed by atoms with Gasteiger partial charge in [0.2, 0.25) is 0 Å². The lowest BCUT2D eigenvalue weighted by Gasteiger charge is -2.37. The van der Waals surface area contributed by atoms with Gasteiger partial charge in [-0.05, 0) is 25.6 Å². The molecule has 4 heteroatoms. The molecule has 1 N–H and O–H groups in total. The molecule has 20 heavy (non-hydrogen) atoms. The second-order valence-corrected chi connectivity index (χ2v) is 5.78. The predicted octanol–water partition coefficient (Wildman–Crippen LogP) is 1.81. The Labute approximate surface area is 121 Å². The van der Waals surface area contributed by atoms with E-state index in [1.165, 1.54) is 11.1 Å². The van der Waals surface area contributed by atoms with E-state index < -0.39 is 0 Å². The fourth-order valence-electron chi connectivity index (χ4n) is 3.04. The summed E-state index contributed by atoms with van der Waals surface area (Å²) in [5, 5.41) is 3.34. The Morgan fingerprint density at radius 1 is 1.40 bits per heavy atom. The molecule has 1 aromatic carbocycles. The highest BCUT2D eigenvalue weighted by atomic mass is 16.5. The fourth-order valence-corrected chi connectivity index (χ4v) is 3.04. The zero-order chi connectivity index (χ0) is 14.1. The van der Waals surface area contributed by atoms with E-state index in [-0.39, 0.29) is 6.10 Å². The molecule has 1 saturated heterocycles. The highest BCUT2D eigenvalue weighted by molar-refractivity contribution is 5.48. The van der Waals surface area contributed by atoms with Crippen molar-refractivity contribution in [2.45, 2.75) is 39.0 Å². The van der Waals surface area contributed by atoms with Gasteiger partial charge in [-0.25, -0.2) is 0 Å². The first-order valence-electron chi connectivity index (χ1n) is 7.52. The standard InChI is InChI=1S/C16H24N2O2/c1-4-18(14-8-17-9-14)10-13-7-16-12(5-11(2)20-16)6-15(13)19-3/h6-7,11,14,17H,4-5,8-10H2,1-3H3. The van der Waals surface area contributed by atoms with Gasteiger partial charge in [-0.3, -0.25) is 4.90 Å². The molecule has 0 amide bonds. The highest BCUT2D eigenvalue weighted by Gasteiger charge is 2.26. The third kappa shape index (κ3) is 2.50. The van der Waals surface area contributed by atoms with Gasteiger partial charge in [-0.1, -0.05) is 6.92 Å². The van der Waals surface area contributed by atoms with Crippen LogP contribution in [0, 0.1) is 0 Å². The summed E-state index contributed by atoms with van der Waals surface area (Å²) < 4.78 is 11.5. The zero-order valence-electron chi connectivity index (χ0n) is 12.6.